The van der Waals surface area contributed by atoms with Crippen molar-refractivity contribution < 1.29 is 28.2 Å². The van der Waals surface area contributed by atoms with Crippen molar-refractivity contribution in [2.24, 2.45) is 4.99 Å². The Hall–Kier alpha value is -3.76. The van der Waals surface area contributed by atoms with Gasteiger partial charge in [0.2, 0.25) is 0 Å². The third-order valence-electron chi connectivity index (χ3n) is 6.31. The first kappa shape index (κ1) is 28.3. The Labute approximate surface area is 229 Å². The first-order valence-electron chi connectivity index (χ1n) is 12.4. The van der Waals surface area contributed by atoms with Crippen LogP contribution in [0.5, 0.6) is 11.5 Å². The van der Waals surface area contributed by atoms with Crippen molar-refractivity contribution in [3.8, 4) is 22.8 Å². The smallest absolute Gasteiger partial charge is 0.251 e. The van der Waals surface area contributed by atoms with E-state index < -0.39 is 23.6 Å². The minimum Gasteiger partial charge on any atom is -0.495 e. The molecule has 39 heavy (non-hydrogen) atoms. The molecule has 1 aliphatic rings. The Morgan fingerprint density at radius 1 is 1.36 bits per heavy atom. The number of rotatable bonds is 9. The number of aliphatic imine (C=N–C) groups is 1. The zero-order valence-corrected chi connectivity index (χ0v) is 22.5. The number of amides is 1. The van der Waals surface area contributed by atoms with Gasteiger partial charge in [-0.2, -0.15) is 0 Å². The molecule has 1 aliphatic heterocycles. The highest BCUT2D eigenvalue weighted by Gasteiger charge is 2.30. The van der Waals surface area contributed by atoms with Crippen molar-refractivity contribution in [3.63, 3.8) is 0 Å². The fourth-order valence-corrected chi connectivity index (χ4v) is 4.53. The van der Waals surface area contributed by atoms with Gasteiger partial charge in [-0.05, 0) is 30.7 Å². The number of benzene rings is 2. The summed E-state index contributed by atoms with van der Waals surface area (Å²) in [5, 5.41) is 13.5. The highest BCUT2D eigenvalue weighted by molar-refractivity contribution is 6.33. The zero-order chi connectivity index (χ0) is 28.3. The van der Waals surface area contributed by atoms with E-state index in [-0.39, 0.29) is 40.0 Å². The third kappa shape index (κ3) is 5.97. The zero-order valence-electron chi connectivity index (χ0n) is 21.7. The lowest BCUT2D eigenvalue weighted by Gasteiger charge is -2.17. The van der Waals surface area contributed by atoms with Crippen LogP contribution in [0.15, 0.2) is 35.3 Å². The first-order chi connectivity index (χ1) is 18.6. The maximum absolute atomic E-state index is 14.8. The molecule has 1 aromatic heterocycles. The van der Waals surface area contributed by atoms with Gasteiger partial charge in [-0.15, -0.1) is 0 Å². The number of aliphatic hydroxyl groups excluding tert-OH is 1. The molecule has 0 aliphatic carbocycles. The molecule has 1 amide bonds. The van der Waals surface area contributed by atoms with E-state index in [9.17, 15) is 18.7 Å². The topological polar surface area (TPSA) is 119 Å². The number of aliphatic hydroxyl groups is 1. The molecule has 0 fully saturated rings. The highest BCUT2D eigenvalue weighted by atomic mass is 35.5. The summed E-state index contributed by atoms with van der Waals surface area (Å²) in [7, 11) is 1.45. The molecule has 0 saturated carbocycles. The Bertz CT molecular complexity index is 1410. The van der Waals surface area contributed by atoms with Crippen molar-refractivity contribution in [1.82, 2.24) is 10.3 Å². The summed E-state index contributed by atoms with van der Waals surface area (Å²) in [6, 6.07) is 6.43. The summed E-state index contributed by atoms with van der Waals surface area (Å²) in [6.45, 7) is 4.63. The number of ether oxygens (including phenoxy) is 2. The fraction of sp³-hybridized carbons (Fsp3) is 0.321. The molecule has 2 atom stereocenters. The second-order valence-corrected chi connectivity index (χ2v) is 9.62. The molecule has 8 nitrogen and oxygen atoms in total. The number of methoxy groups -OCH3 is 1. The number of nitrogens with zero attached hydrogens (tertiary/aromatic N) is 2. The van der Waals surface area contributed by atoms with Crippen molar-refractivity contribution in [2.75, 3.05) is 32.5 Å². The average molecular weight is 559 g/mol. The molecule has 0 bridgehead atoms. The molecule has 2 unspecified atom stereocenters. The molecule has 11 heteroatoms. The van der Waals surface area contributed by atoms with Crippen LogP contribution in [0.3, 0.4) is 0 Å². The number of aromatic nitrogens is 1. The van der Waals surface area contributed by atoms with Crippen LogP contribution < -0.4 is 20.5 Å². The molecule has 4 N–H and O–H groups in total. The normalized spacial score (nSPS) is 15.2. The maximum atomic E-state index is 14.8. The van der Waals surface area contributed by atoms with Gasteiger partial charge in [0, 0.05) is 48.0 Å². The molecular weight excluding hydrogens is 530 g/mol. The molecule has 0 radical (unpaired) electrons. The maximum Gasteiger partial charge on any atom is 0.251 e. The summed E-state index contributed by atoms with van der Waals surface area (Å²) >= 11 is 6.17. The monoisotopic (exact) mass is 558 g/mol. The van der Waals surface area contributed by atoms with E-state index in [1.54, 1.807) is 18.3 Å². The quantitative estimate of drug-likeness (QED) is 0.249. The molecule has 4 rings (SSSR count). The van der Waals surface area contributed by atoms with Gasteiger partial charge in [-0.25, -0.2) is 13.8 Å². The summed E-state index contributed by atoms with van der Waals surface area (Å²) in [5.41, 5.74) is 8.06. The van der Waals surface area contributed by atoms with Crippen molar-refractivity contribution in [3.05, 3.63) is 69.4 Å². The SMILES string of the molecule is CCCN=Cc1cc(C(=O)NCC(O)c2cc3c(c(-c4c(F)cc(F)cc4Cl)n2)OCC3C)cc(OC)c1N. The van der Waals surface area contributed by atoms with Gasteiger partial charge in [-0.3, -0.25) is 9.79 Å². The second-order valence-electron chi connectivity index (χ2n) is 9.21. The number of nitrogens with two attached hydrogens (primary N) is 1. The van der Waals surface area contributed by atoms with Gasteiger partial charge in [-0.1, -0.05) is 25.4 Å². The van der Waals surface area contributed by atoms with Crippen LogP contribution in [-0.2, 0) is 0 Å². The molecule has 0 saturated heterocycles. The lowest BCUT2D eigenvalue weighted by Crippen LogP contribution is -2.29. The Balaban J connectivity index is 1.61. The largest absolute Gasteiger partial charge is 0.495 e. The summed E-state index contributed by atoms with van der Waals surface area (Å²) < 4.78 is 39.5. The Kier molecular flexibility index (Phi) is 8.66. The van der Waals surface area contributed by atoms with E-state index in [2.05, 4.69) is 15.3 Å². The van der Waals surface area contributed by atoms with E-state index >= 15 is 0 Å². The van der Waals surface area contributed by atoms with Gasteiger partial charge in [0.15, 0.2) is 0 Å². The number of carbonyl (C=O) groups is 1. The van der Waals surface area contributed by atoms with Crippen LogP contribution in [0.25, 0.3) is 11.3 Å². The fourth-order valence-electron chi connectivity index (χ4n) is 4.24. The summed E-state index contributed by atoms with van der Waals surface area (Å²) in [4.78, 5) is 21.7. The minimum atomic E-state index is -1.26. The molecule has 0 spiro atoms. The van der Waals surface area contributed by atoms with Gasteiger partial charge >= 0.3 is 0 Å². The number of nitrogen functional groups attached to an aromatic ring is 1. The van der Waals surface area contributed by atoms with E-state index in [1.807, 2.05) is 13.8 Å². The van der Waals surface area contributed by atoms with E-state index in [4.69, 9.17) is 26.8 Å². The van der Waals surface area contributed by atoms with Crippen LogP contribution in [0, 0.1) is 11.6 Å². The van der Waals surface area contributed by atoms with Crippen molar-refractivity contribution in [2.45, 2.75) is 32.3 Å². The standard InChI is InChI=1S/C28H29ClF2N4O4/c1-4-5-33-11-16-6-15(7-23(38-3)25(16)32)28(37)34-12-22(36)21-10-18-14(2)13-39-27(18)26(35-21)24-19(29)8-17(30)9-20(24)31/h6-11,14,22,36H,4-5,12-13,32H2,1-3H3,(H,34,37). The van der Waals surface area contributed by atoms with Crippen LogP contribution in [-0.4, -0.2) is 49.0 Å². The highest BCUT2D eigenvalue weighted by Crippen LogP contribution is 2.44. The van der Waals surface area contributed by atoms with Gasteiger partial charge in [0.1, 0.15) is 34.9 Å². The molecular formula is C28H29ClF2N4O4. The lowest BCUT2D eigenvalue weighted by molar-refractivity contribution is 0.0914. The van der Waals surface area contributed by atoms with Crippen molar-refractivity contribution in [1.29, 1.82) is 0 Å². The third-order valence-corrected chi connectivity index (χ3v) is 6.61. The van der Waals surface area contributed by atoms with Gasteiger partial charge in [0.25, 0.3) is 5.91 Å². The number of fused-ring (bicyclic) bond motifs is 1. The predicted octanol–water partition coefficient (Wildman–Crippen LogP) is 5.06. The number of halogens is 3. The average Bonchev–Trinajstić information content (AvgIpc) is 3.28. The predicted molar refractivity (Wildman–Crippen MR) is 146 cm³/mol. The van der Waals surface area contributed by atoms with E-state index in [1.165, 1.54) is 13.2 Å². The number of pyridine rings is 1. The number of nitrogens with one attached hydrogen (secondary N) is 1. The van der Waals surface area contributed by atoms with Crippen LogP contribution in [0.4, 0.5) is 14.5 Å². The van der Waals surface area contributed by atoms with Gasteiger partial charge in [0.05, 0.1) is 35.7 Å². The number of hydrogen-bond donors (Lipinski definition) is 3. The van der Waals surface area contributed by atoms with Gasteiger partial charge < -0.3 is 25.6 Å². The van der Waals surface area contributed by atoms with Crippen LogP contribution >= 0.6 is 11.6 Å². The molecule has 3 aromatic rings. The second kappa shape index (κ2) is 12.0. The Morgan fingerprint density at radius 3 is 2.82 bits per heavy atom. The van der Waals surface area contributed by atoms with Crippen LogP contribution in [0.2, 0.25) is 5.02 Å². The number of carbonyl (C=O) groups excluding carboxylic acids is 1. The first-order valence-corrected chi connectivity index (χ1v) is 12.8. The van der Waals surface area contributed by atoms with E-state index in [0.29, 0.717) is 47.5 Å². The minimum absolute atomic E-state index is 0.0546. The van der Waals surface area contributed by atoms with E-state index in [0.717, 1.165) is 12.5 Å². The Morgan fingerprint density at radius 2 is 2.13 bits per heavy atom. The number of hydrogen-bond acceptors (Lipinski definition) is 7. The van der Waals surface area contributed by atoms with Crippen LogP contribution in [0.1, 0.15) is 59.5 Å². The molecule has 2 heterocycles. The number of anilines is 1. The van der Waals surface area contributed by atoms with Crippen molar-refractivity contribution >= 4 is 29.4 Å². The lowest BCUT2D eigenvalue weighted by atomic mass is 9.98. The molecule has 206 valence electrons. The molecule has 2 aromatic carbocycles. The summed E-state index contributed by atoms with van der Waals surface area (Å²) in [5.74, 6) is -1.65. The summed E-state index contributed by atoms with van der Waals surface area (Å²) in [6.07, 6.45) is 1.19.